The number of benzene rings is 3. The van der Waals surface area contributed by atoms with Gasteiger partial charge in [0.05, 0.1) is 7.11 Å². The number of ether oxygens (including phenoxy) is 2. The Bertz CT molecular complexity index is 911. The molecule has 0 amide bonds. The van der Waals surface area contributed by atoms with E-state index in [0.717, 1.165) is 27.1 Å². The summed E-state index contributed by atoms with van der Waals surface area (Å²) in [5, 5.41) is 2.40. The van der Waals surface area contributed by atoms with E-state index in [0.29, 0.717) is 6.61 Å². The van der Waals surface area contributed by atoms with Crippen LogP contribution in [-0.2, 0) is 0 Å². The van der Waals surface area contributed by atoms with Gasteiger partial charge in [-0.05, 0) is 40.6 Å². The Morgan fingerprint density at radius 2 is 1.65 bits per heavy atom. The molecular formula is C20H15BrO2. The number of methoxy groups -OCH3 is 1. The Labute approximate surface area is 143 Å². The summed E-state index contributed by atoms with van der Waals surface area (Å²) in [4.78, 5) is 0. The second kappa shape index (κ2) is 5.74. The van der Waals surface area contributed by atoms with Crippen LogP contribution in [0.5, 0.6) is 11.5 Å². The van der Waals surface area contributed by atoms with Crippen LogP contribution in [0.25, 0.3) is 16.3 Å². The number of halogens is 1. The number of hydrogen-bond acceptors (Lipinski definition) is 2. The van der Waals surface area contributed by atoms with E-state index in [4.69, 9.17) is 9.47 Å². The molecule has 1 aliphatic rings. The number of fused-ring (bicyclic) bond motifs is 2. The summed E-state index contributed by atoms with van der Waals surface area (Å²) in [5.41, 5.74) is 3.45. The van der Waals surface area contributed by atoms with Gasteiger partial charge in [-0.25, -0.2) is 0 Å². The molecule has 0 saturated heterocycles. The molecule has 1 aliphatic heterocycles. The Kier molecular flexibility index (Phi) is 3.58. The van der Waals surface area contributed by atoms with E-state index in [9.17, 15) is 0 Å². The van der Waals surface area contributed by atoms with Gasteiger partial charge in [-0.1, -0.05) is 52.3 Å². The lowest BCUT2D eigenvalue weighted by Crippen LogP contribution is -2.09. The van der Waals surface area contributed by atoms with Crippen LogP contribution in [0.1, 0.15) is 11.1 Å². The quantitative estimate of drug-likeness (QED) is 0.604. The topological polar surface area (TPSA) is 18.5 Å². The SMILES string of the molecule is COc1ccc(C2=C(Br)COc3cc4ccccc4cc32)cc1. The van der Waals surface area contributed by atoms with Crippen LogP contribution < -0.4 is 9.47 Å². The van der Waals surface area contributed by atoms with Gasteiger partial charge in [0.25, 0.3) is 0 Å². The van der Waals surface area contributed by atoms with E-state index in [1.807, 2.05) is 18.2 Å². The largest absolute Gasteiger partial charge is 0.497 e. The van der Waals surface area contributed by atoms with Crippen molar-refractivity contribution in [1.29, 1.82) is 0 Å². The zero-order valence-electron chi connectivity index (χ0n) is 12.7. The minimum Gasteiger partial charge on any atom is -0.497 e. The molecule has 0 spiro atoms. The maximum Gasteiger partial charge on any atom is 0.128 e. The molecule has 0 unspecified atom stereocenters. The molecule has 0 bridgehead atoms. The lowest BCUT2D eigenvalue weighted by Gasteiger charge is -2.22. The maximum atomic E-state index is 5.91. The third kappa shape index (κ3) is 2.51. The van der Waals surface area contributed by atoms with Crippen LogP contribution in [0.4, 0.5) is 0 Å². The highest BCUT2D eigenvalue weighted by Gasteiger charge is 2.21. The summed E-state index contributed by atoms with van der Waals surface area (Å²) in [5.74, 6) is 1.79. The number of hydrogen-bond donors (Lipinski definition) is 0. The van der Waals surface area contributed by atoms with Crippen molar-refractivity contribution in [2.75, 3.05) is 13.7 Å². The minimum atomic E-state index is 0.548. The highest BCUT2D eigenvalue weighted by atomic mass is 79.9. The summed E-state index contributed by atoms with van der Waals surface area (Å²) >= 11 is 3.68. The summed E-state index contributed by atoms with van der Waals surface area (Å²) in [7, 11) is 1.68. The first-order chi connectivity index (χ1) is 11.3. The summed E-state index contributed by atoms with van der Waals surface area (Å²) in [6, 6.07) is 20.8. The summed E-state index contributed by atoms with van der Waals surface area (Å²) in [6.07, 6.45) is 0. The van der Waals surface area contributed by atoms with E-state index < -0.39 is 0 Å². The van der Waals surface area contributed by atoms with Gasteiger partial charge < -0.3 is 9.47 Å². The third-order valence-corrected chi connectivity index (χ3v) is 4.75. The Balaban J connectivity index is 1.91. The highest BCUT2D eigenvalue weighted by molar-refractivity contribution is 9.11. The van der Waals surface area contributed by atoms with Crippen molar-refractivity contribution in [3.05, 3.63) is 76.3 Å². The molecule has 0 N–H and O–H groups in total. The molecule has 0 atom stereocenters. The molecule has 0 radical (unpaired) electrons. The smallest absolute Gasteiger partial charge is 0.128 e. The normalized spacial score (nSPS) is 13.7. The first kappa shape index (κ1) is 14.3. The van der Waals surface area contributed by atoms with E-state index in [-0.39, 0.29) is 0 Å². The van der Waals surface area contributed by atoms with Gasteiger partial charge in [0.15, 0.2) is 0 Å². The highest BCUT2D eigenvalue weighted by Crippen LogP contribution is 2.41. The standard InChI is InChI=1S/C20H15BrO2/c1-22-16-8-6-13(7-9-16)20-17-10-14-4-2-3-5-15(14)11-19(17)23-12-18(20)21/h2-11H,12H2,1H3. The molecule has 3 aromatic rings. The molecule has 0 fully saturated rings. The van der Waals surface area contributed by atoms with Crippen molar-refractivity contribution in [3.63, 3.8) is 0 Å². The van der Waals surface area contributed by atoms with Crippen molar-refractivity contribution < 1.29 is 9.47 Å². The fourth-order valence-electron chi connectivity index (χ4n) is 2.96. The van der Waals surface area contributed by atoms with Crippen LogP contribution in [0.2, 0.25) is 0 Å². The molecule has 3 aromatic carbocycles. The summed E-state index contributed by atoms with van der Waals surface area (Å²) in [6.45, 7) is 0.548. The predicted molar refractivity (Wildman–Crippen MR) is 97.4 cm³/mol. The van der Waals surface area contributed by atoms with E-state index in [2.05, 4.69) is 58.4 Å². The molecule has 2 nitrogen and oxygen atoms in total. The van der Waals surface area contributed by atoms with Crippen LogP contribution in [-0.4, -0.2) is 13.7 Å². The molecule has 0 aromatic heterocycles. The second-order valence-electron chi connectivity index (χ2n) is 5.49. The first-order valence-corrected chi connectivity index (χ1v) is 8.24. The molecule has 4 rings (SSSR count). The Hall–Kier alpha value is -2.26. The van der Waals surface area contributed by atoms with Crippen LogP contribution in [0.15, 0.2) is 65.1 Å². The maximum absolute atomic E-state index is 5.91. The van der Waals surface area contributed by atoms with Crippen molar-refractivity contribution in [2.45, 2.75) is 0 Å². The van der Waals surface area contributed by atoms with E-state index in [1.165, 1.54) is 16.3 Å². The van der Waals surface area contributed by atoms with Gasteiger partial charge >= 0.3 is 0 Å². The molecule has 0 aliphatic carbocycles. The Morgan fingerprint density at radius 3 is 2.35 bits per heavy atom. The first-order valence-electron chi connectivity index (χ1n) is 7.45. The fraction of sp³-hybridized carbons (Fsp3) is 0.100. The molecule has 23 heavy (non-hydrogen) atoms. The van der Waals surface area contributed by atoms with Crippen molar-refractivity contribution in [3.8, 4) is 11.5 Å². The zero-order chi connectivity index (χ0) is 15.8. The van der Waals surface area contributed by atoms with Gasteiger partial charge in [0, 0.05) is 15.6 Å². The van der Waals surface area contributed by atoms with Crippen molar-refractivity contribution >= 4 is 32.3 Å². The van der Waals surface area contributed by atoms with Gasteiger partial charge in [0.1, 0.15) is 18.1 Å². The molecular weight excluding hydrogens is 352 g/mol. The van der Waals surface area contributed by atoms with Gasteiger partial charge in [-0.3, -0.25) is 0 Å². The fourth-order valence-corrected chi connectivity index (χ4v) is 3.52. The molecule has 1 heterocycles. The van der Waals surface area contributed by atoms with E-state index >= 15 is 0 Å². The lowest BCUT2D eigenvalue weighted by molar-refractivity contribution is 0.355. The third-order valence-electron chi connectivity index (χ3n) is 4.12. The molecule has 3 heteroatoms. The van der Waals surface area contributed by atoms with Crippen LogP contribution >= 0.6 is 15.9 Å². The number of rotatable bonds is 2. The average Bonchev–Trinajstić information content (AvgIpc) is 2.60. The summed E-state index contributed by atoms with van der Waals surface area (Å²) < 4.78 is 12.2. The molecule has 0 saturated carbocycles. The Morgan fingerprint density at radius 1 is 0.957 bits per heavy atom. The van der Waals surface area contributed by atoms with Crippen molar-refractivity contribution in [2.24, 2.45) is 0 Å². The van der Waals surface area contributed by atoms with Crippen LogP contribution in [0, 0.1) is 0 Å². The van der Waals surface area contributed by atoms with Crippen LogP contribution in [0.3, 0.4) is 0 Å². The minimum absolute atomic E-state index is 0.548. The lowest BCUT2D eigenvalue weighted by atomic mass is 9.93. The van der Waals surface area contributed by atoms with Gasteiger partial charge in [0.2, 0.25) is 0 Å². The van der Waals surface area contributed by atoms with Gasteiger partial charge in [-0.15, -0.1) is 0 Å². The average molecular weight is 367 g/mol. The zero-order valence-corrected chi connectivity index (χ0v) is 14.3. The van der Waals surface area contributed by atoms with Gasteiger partial charge in [-0.2, -0.15) is 0 Å². The van der Waals surface area contributed by atoms with E-state index in [1.54, 1.807) is 7.11 Å². The van der Waals surface area contributed by atoms with Crippen molar-refractivity contribution in [1.82, 2.24) is 0 Å². The molecule has 114 valence electrons. The second-order valence-corrected chi connectivity index (χ2v) is 6.45. The monoisotopic (exact) mass is 366 g/mol. The predicted octanol–water partition coefficient (Wildman–Crippen LogP) is 5.40.